The van der Waals surface area contributed by atoms with Gasteiger partial charge in [-0.05, 0) is 54.8 Å². The third kappa shape index (κ3) is 5.16. The summed E-state index contributed by atoms with van der Waals surface area (Å²) in [5.74, 6) is -0.418. The Morgan fingerprint density at radius 3 is 2.74 bits per heavy atom. The van der Waals surface area contributed by atoms with Crippen molar-refractivity contribution in [1.29, 1.82) is 0 Å². The van der Waals surface area contributed by atoms with Crippen LogP contribution in [-0.4, -0.2) is 43.6 Å². The molecule has 0 fully saturated rings. The van der Waals surface area contributed by atoms with E-state index in [9.17, 15) is 14.0 Å². The first kappa shape index (κ1) is 25.6. The second-order valence-electron chi connectivity index (χ2n) is 8.90. The van der Waals surface area contributed by atoms with Gasteiger partial charge in [-0.1, -0.05) is 36.4 Å². The number of para-hydroxylation sites is 2. The summed E-state index contributed by atoms with van der Waals surface area (Å²) in [5, 5.41) is 5.89. The Morgan fingerprint density at radius 1 is 1.11 bits per heavy atom. The monoisotopic (exact) mass is 530 g/mol. The Kier molecular flexibility index (Phi) is 7.48. The number of nitrogens with one attached hydrogen (secondary N) is 2. The zero-order valence-corrected chi connectivity index (χ0v) is 21.9. The van der Waals surface area contributed by atoms with Crippen LogP contribution in [0.3, 0.4) is 0 Å². The van der Waals surface area contributed by atoms with Crippen LogP contribution in [0, 0.1) is 12.7 Å². The fourth-order valence-electron chi connectivity index (χ4n) is 4.46. The number of hydrogen-bond donors (Lipinski definition) is 2. The summed E-state index contributed by atoms with van der Waals surface area (Å²) in [7, 11) is 1.63. The van der Waals surface area contributed by atoms with E-state index in [-0.39, 0.29) is 17.5 Å². The van der Waals surface area contributed by atoms with E-state index < -0.39 is 5.82 Å². The minimum atomic E-state index is -0.470. The topological polar surface area (TPSA) is 83.6 Å². The predicted molar refractivity (Wildman–Crippen MR) is 149 cm³/mol. The van der Waals surface area contributed by atoms with Gasteiger partial charge in [0.15, 0.2) is 0 Å². The highest BCUT2D eigenvalue weighted by atomic mass is 32.1. The molecule has 0 atom stereocenters. The number of amides is 2. The normalized spacial score (nSPS) is 12.3. The summed E-state index contributed by atoms with van der Waals surface area (Å²) in [6, 6.07) is 19.5. The first-order valence-electron chi connectivity index (χ1n) is 12.3. The van der Waals surface area contributed by atoms with Gasteiger partial charge in [-0.15, -0.1) is 11.3 Å². The van der Waals surface area contributed by atoms with E-state index >= 15 is 0 Å². The minimum Gasteiger partial charge on any atom is -0.383 e. The Labute approximate surface area is 224 Å². The molecule has 0 spiro atoms. The molecule has 0 saturated heterocycles. The van der Waals surface area contributed by atoms with Crippen LogP contribution in [0.4, 0.5) is 21.6 Å². The molecule has 2 aromatic heterocycles. The molecule has 5 rings (SSSR count). The number of ether oxygens (including phenoxy) is 1. The molecular weight excluding hydrogens is 503 g/mol. The summed E-state index contributed by atoms with van der Waals surface area (Å²) in [6.45, 7) is 3.29. The van der Waals surface area contributed by atoms with E-state index in [0.29, 0.717) is 48.1 Å². The van der Waals surface area contributed by atoms with Crippen LogP contribution >= 0.6 is 11.3 Å². The van der Waals surface area contributed by atoms with Gasteiger partial charge >= 0.3 is 0 Å². The molecule has 0 aliphatic carbocycles. The second-order valence-corrected chi connectivity index (χ2v) is 9.95. The summed E-state index contributed by atoms with van der Waals surface area (Å²) < 4.78 is 19.4. The van der Waals surface area contributed by atoms with E-state index in [1.165, 1.54) is 17.4 Å². The molecule has 2 N–H and O–H groups in total. The standard InChI is InChI=1S/C29H27FN4O3S/c1-18-7-5-9-21(30)26(18)33-28(35)24-17-19-13-15-34(23-11-4-3-8-20(23)27(19)38-24)29(36)22-10-6-12-25(32-22)31-14-16-37-2/h3-12,17H,13-16H2,1-2H3,(H,31,32)(H,33,35). The van der Waals surface area contributed by atoms with Gasteiger partial charge in [0.25, 0.3) is 11.8 Å². The van der Waals surface area contributed by atoms with E-state index in [2.05, 4.69) is 15.6 Å². The van der Waals surface area contributed by atoms with Crippen LogP contribution in [0.15, 0.2) is 66.7 Å². The lowest BCUT2D eigenvalue weighted by atomic mass is 10.1. The third-order valence-corrected chi connectivity index (χ3v) is 7.57. The molecule has 0 bridgehead atoms. The van der Waals surface area contributed by atoms with Gasteiger partial charge in [0.05, 0.1) is 22.9 Å². The van der Waals surface area contributed by atoms with Gasteiger partial charge in [-0.2, -0.15) is 0 Å². The van der Waals surface area contributed by atoms with Crippen molar-refractivity contribution in [3.8, 4) is 10.4 Å². The summed E-state index contributed by atoms with van der Waals surface area (Å²) in [4.78, 5) is 34.4. The number of methoxy groups -OCH3 is 1. The molecule has 2 aromatic carbocycles. The molecule has 1 aliphatic heterocycles. The molecule has 38 heavy (non-hydrogen) atoms. The fraction of sp³-hybridized carbons (Fsp3) is 0.207. The highest BCUT2D eigenvalue weighted by Gasteiger charge is 2.28. The fourth-order valence-corrected chi connectivity index (χ4v) is 5.60. The van der Waals surface area contributed by atoms with Crippen LogP contribution in [-0.2, 0) is 11.2 Å². The van der Waals surface area contributed by atoms with Crippen LogP contribution in [0.1, 0.15) is 31.3 Å². The molecule has 4 aromatic rings. The highest BCUT2D eigenvalue weighted by Crippen LogP contribution is 2.42. The van der Waals surface area contributed by atoms with E-state index in [1.807, 2.05) is 36.4 Å². The SMILES string of the molecule is COCCNc1cccc(C(=O)N2CCc3cc(C(=O)Nc4c(C)cccc4F)sc3-c3ccccc32)n1. The van der Waals surface area contributed by atoms with Crippen molar-refractivity contribution < 1.29 is 18.7 Å². The van der Waals surface area contributed by atoms with Crippen molar-refractivity contribution in [3.63, 3.8) is 0 Å². The molecule has 0 radical (unpaired) electrons. The lowest BCUT2D eigenvalue weighted by Gasteiger charge is -2.23. The molecule has 0 saturated carbocycles. The number of rotatable bonds is 7. The van der Waals surface area contributed by atoms with Crippen molar-refractivity contribution in [3.05, 3.63) is 94.2 Å². The molecule has 2 amide bonds. The second kappa shape index (κ2) is 11.1. The van der Waals surface area contributed by atoms with Gasteiger partial charge in [0.2, 0.25) is 0 Å². The maximum absolute atomic E-state index is 14.3. The quantitative estimate of drug-likeness (QED) is 0.297. The molecule has 1 aliphatic rings. The molecule has 3 heterocycles. The number of thiophene rings is 1. The number of hydrogen-bond acceptors (Lipinski definition) is 6. The maximum atomic E-state index is 14.3. The Hall–Kier alpha value is -4.08. The molecule has 7 nitrogen and oxygen atoms in total. The summed E-state index contributed by atoms with van der Waals surface area (Å²) in [6.07, 6.45) is 0.560. The van der Waals surface area contributed by atoms with Crippen LogP contribution < -0.4 is 15.5 Å². The molecular formula is C29H27FN4O3S. The van der Waals surface area contributed by atoms with E-state index in [4.69, 9.17) is 4.74 Å². The van der Waals surface area contributed by atoms with Crippen LogP contribution in [0.2, 0.25) is 0 Å². The Balaban J connectivity index is 1.43. The number of carbonyl (C=O) groups is 2. The zero-order chi connectivity index (χ0) is 26.6. The highest BCUT2D eigenvalue weighted by molar-refractivity contribution is 7.17. The average Bonchev–Trinajstić information content (AvgIpc) is 3.29. The predicted octanol–water partition coefficient (Wildman–Crippen LogP) is 5.77. The largest absolute Gasteiger partial charge is 0.383 e. The van der Waals surface area contributed by atoms with Crippen LogP contribution in [0.5, 0.6) is 0 Å². The zero-order valence-electron chi connectivity index (χ0n) is 21.1. The smallest absolute Gasteiger partial charge is 0.276 e. The number of nitrogens with zero attached hydrogens (tertiary/aromatic N) is 2. The number of pyridine rings is 1. The molecule has 0 unspecified atom stereocenters. The lowest BCUT2D eigenvalue weighted by molar-refractivity contribution is 0.0981. The number of fused-ring (bicyclic) bond motifs is 3. The Bertz CT molecular complexity index is 1480. The van der Waals surface area contributed by atoms with Crippen LogP contribution in [0.25, 0.3) is 10.4 Å². The van der Waals surface area contributed by atoms with Crippen molar-refractivity contribution in [1.82, 2.24) is 4.98 Å². The minimum absolute atomic E-state index is 0.185. The van der Waals surface area contributed by atoms with Crippen molar-refractivity contribution in [2.45, 2.75) is 13.3 Å². The van der Waals surface area contributed by atoms with Gasteiger partial charge in [0.1, 0.15) is 17.3 Å². The van der Waals surface area contributed by atoms with E-state index in [0.717, 1.165) is 21.7 Å². The lowest BCUT2D eigenvalue weighted by Crippen LogP contribution is -2.33. The van der Waals surface area contributed by atoms with Crippen molar-refractivity contribution in [2.75, 3.05) is 42.3 Å². The first-order valence-corrected chi connectivity index (χ1v) is 13.1. The number of aryl methyl sites for hydroxylation is 1. The van der Waals surface area contributed by atoms with E-state index in [1.54, 1.807) is 43.2 Å². The number of benzene rings is 2. The number of aromatic nitrogens is 1. The van der Waals surface area contributed by atoms with Gasteiger partial charge in [-0.3, -0.25) is 9.59 Å². The molecule has 9 heteroatoms. The van der Waals surface area contributed by atoms with Crippen molar-refractivity contribution >= 4 is 40.3 Å². The third-order valence-electron chi connectivity index (χ3n) is 6.36. The van der Waals surface area contributed by atoms with Gasteiger partial charge < -0.3 is 20.3 Å². The maximum Gasteiger partial charge on any atom is 0.276 e. The number of halogens is 1. The number of anilines is 3. The summed E-state index contributed by atoms with van der Waals surface area (Å²) in [5.41, 5.74) is 3.78. The Morgan fingerprint density at radius 2 is 1.92 bits per heavy atom. The van der Waals surface area contributed by atoms with Gasteiger partial charge in [-0.25, -0.2) is 9.37 Å². The first-order chi connectivity index (χ1) is 18.5. The molecule has 194 valence electrons. The van der Waals surface area contributed by atoms with Crippen molar-refractivity contribution in [2.24, 2.45) is 0 Å². The van der Waals surface area contributed by atoms with Gasteiger partial charge in [0, 0.05) is 30.6 Å². The number of carbonyl (C=O) groups excluding carboxylic acids is 2. The average molecular weight is 531 g/mol. The summed E-state index contributed by atoms with van der Waals surface area (Å²) >= 11 is 1.34.